The van der Waals surface area contributed by atoms with E-state index < -0.39 is 5.91 Å². The fourth-order valence-corrected chi connectivity index (χ4v) is 1.65. The van der Waals surface area contributed by atoms with Crippen LogP contribution < -0.4 is 16.2 Å². The first-order chi connectivity index (χ1) is 9.43. The van der Waals surface area contributed by atoms with Crippen LogP contribution in [0.5, 0.6) is 5.75 Å². The van der Waals surface area contributed by atoms with Crippen molar-refractivity contribution in [3.63, 3.8) is 0 Å². The Balaban J connectivity index is 2.55. The van der Waals surface area contributed by atoms with Gasteiger partial charge < -0.3 is 21.1 Å². The Morgan fingerprint density at radius 1 is 1.25 bits per heavy atom. The molecule has 6 nitrogen and oxygen atoms in total. The molecule has 1 aromatic rings. The molecule has 0 unspecified atom stereocenters. The maximum atomic E-state index is 11.8. The van der Waals surface area contributed by atoms with Gasteiger partial charge in [-0.1, -0.05) is 12.2 Å². The van der Waals surface area contributed by atoms with Gasteiger partial charge in [0.15, 0.2) is 6.61 Å². The first-order valence-corrected chi connectivity index (χ1v) is 6.43. The Bertz CT molecular complexity index is 502. The molecular weight excluding hydrogens is 278 g/mol. The number of primary amides is 1. The summed E-state index contributed by atoms with van der Waals surface area (Å²) < 4.78 is 5.34. The second-order valence-electron chi connectivity index (χ2n) is 4.05. The maximum absolute atomic E-state index is 11.8. The number of benzene rings is 1. The van der Waals surface area contributed by atoms with Crippen molar-refractivity contribution in [2.24, 2.45) is 11.5 Å². The molecule has 2 amide bonds. The molecule has 0 fully saturated rings. The number of carbonyl (C=O) groups is 2. The molecule has 0 saturated carbocycles. The van der Waals surface area contributed by atoms with E-state index in [1.165, 1.54) is 4.90 Å². The molecule has 0 spiro atoms. The van der Waals surface area contributed by atoms with Gasteiger partial charge in [-0.25, -0.2) is 0 Å². The lowest BCUT2D eigenvalue weighted by Crippen LogP contribution is -2.40. The molecule has 4 N–H and O–H groups in total. The molecule has 1 rings (SSSR count). The summed E-state index contributed by atoms with van der Waals surface area (Å²) in [6, 6.07) is 6.77. The molecule has 0 aromatic heterocycles. The topological polar surface area (TPSA) is 98.6 Å². The zero-order chi connectivity index (χ0) is 15.1. The van der Waals surface area contributed by atoms with Gasteiger partial charge in [-0.05, 0) is 31.2 Å². The molecule has 0 aliphatic rings. The lowest BCUT2D eigenvalue weighted by atomic mass is 10.2. The fourth-order valence-electron chi connectivity index (χ4n) is 1.52. The number of carbonyl (C=O) groups excluding carboxylic acids is 2. The Kier molecular flexibility index (Phi) is 5.92. The SMILES string of the molecule is CCN(CC(N)=O)C(=O)COc1ccc(C(N)=S)cc1. The minimum absolute atomic E-state index is 0.112. The summed E-state index contributed by atoms with van der Waals surface area (Å²) in [5, 5.41) is 0. The molecule has 0 heterocycles. The predicted octanol–water partition coefficient (Wildman–Crippen LogP) is 0.0334. The molecule has 20 heavy (non-hydrogen) atoms. The van der Waals surface area contributed by atoms with E-state index in [1.54, 1.807) is 31.2 Å². The Labute approximate surface area is 122 Å². The van der Waals surface area contributed by atoms with E-state index in [1.807, 2.05) is 0 Å². The zero-order valence-corrected chi connectivity index (χ0v) is 12.0. The molecule has 108 valence electrons. The van der Waals surface area contributed by atoms with Gasteiger partial charge >= 0.3 is 0 Å². The Morgan fingerprint density at radius 2 is 1.85 bits per heavy atom. The van der Waals surface area contributed by atoms with Crippen LogP contribution in [0.15, 0.2) is 24.3 Å². The van der Waals surface area contributed by atoms with Crippen molar-refractivity contribution in [1.29, 1.82) is 0 Å². The average Bonchev–Trinajstić information content (AvgIpc) is 2.42. The van der Waals surface area contributed by atoms with E-state index in [9.17, 15) is 9.59 Å². The number of nitrogens with zero attached hydrogens (tertiary/aromatic N) is 1. The first kappa shape index (κ1) is 15.9. The lowest BCUT2D eigenvalue weighted by molar-refractivity contribution is -0.136. The highest BCUT2D eigenvalue weighted by Gasteiger charge is 2.14. The van der Waals surface area contributed by atoms with Crippen LogP contribution in [0.1, 0.15) is 12.5 Å². The highest BCUT2D eigenvalue weighted by Crippen LogP contribution is 2.12. The smallest absolute Gasteiger partial charge is 0.260 e. The van der Waals surface area contributed by atoms with Crippen LogP contribution in [0.25, 0.3) is 0 Å². The van der Waals surface area contributed by atoms with Crippen molar-refractivity contribution < 1.29 is 14.3 Å². The number of nitrogens with two attached hydrogens (primary N) is 2. The van der Waals surface area contributed by atoms with E-state index in [4.69, 9.17) is 28.4 Å². The lowest BCUT2D eigenvalue weighted by Gasteiger charge is -2.19. The number of hydrogen-bond donors (Lipinski definition) is 2. The van der Waals surface area contributed by atoms with E-state index in [-0.39, 0.29) is 19.1 Å². The Hall–Kier alpha value is -2.15. The van der Waals surface area contributed by atoms with Crippen molar-refractivity contribution in [2.45, 2.75) is 6.92 Å². The minimum atomic E-state index is -0.555. The number of amides is 2. The van der Waals surface area contributed by atoms with Crippen LogP contribution in [0.3, 0.4) is 0 Å². The van der Waals surface area contributed by atoms with Crippen molar-refractivity contribution in [3.8, 4) is 5.75 Å². The van der Waals surface area contributed by atoms with Crippen molar-refractivity contribution in [2.75, 3.05) is 19.7 Å². The number of hydrogen-bond acceptors (Lipinski definition) is 4. The van der Waals surface area contributed by atoms with Gasteiger partial charge in [0, 0.05) is 12.1 Å². The molecule has 0 bridgehead atoms. The molecule has 0 radical (unpaired) electrons. The maximum Gasteiger partial charge on any atom is 0.260 e. The normalized spacial score (nSPS) is 9.85. The van der Waals surface area contributed by atoms with Crippen LogP contribution in [0, 0.1) is 0 Å². The molecule has 1 aromatic carbocycles. The molecule has 0 aliphatic carbocycles. The third-order valence-electron chi connectivity index (χ3n) is 2.58. The van der Waals surface area contributed by atoms with Gasteiger partial charge in [-0.15, -0.1) is 0 Å². The van der Waals surface area contributed by atoms with Crippen molar-refractivity contribution in [1.82, 2.24) is 4.90 Å². The summed E-state index contributed by atoms with van der Waals surface area (Å²) in [7, 11) is 0. The van der Waals surface area contributed by atoms with Crippen LogP contribution in [0.2, 0.25) is 0 Å². The molecule has 0 atom stereocenters. The van der Waals surface area contributed by atoms with Crippen LogP contribution in [-0.4, -0.2) is 41.4 Å². The monoisotopic (exact) mass is 295 g/mol. The summed E-state index contributed by atoms with van der Waals surface area (Å²) >= 11 is 4.83. The summed E-state index contributed by atoms with van der Waals surface area (Å²) in [6.45, 7) is 1.88. The largest absolute Gasteiger partial charge is 0.484 e. The standard InChI is InChI=1S/C13H17N3O3S/c1-2-16(7-11(14)17)12(18)8-19-10-5-3-9(4-6-10)13(15)20/h3-6H,2,7-8H2,1H3,(H2,14,17)(H2,15,20). The summed E-state index contributed by atoms with van der Waals surface area (Å²) in [4.78, 5) is 24.2. The molecule has 7 heteroatoms. The van der Waals surface area contributed by atoms with E-state index in [2.05, 4.69) is 0 Å². The van der Waals surface area contributed by atoms with E-state index in [0.717, 1.165) is 5.56 Å². The number of rotatable bonds is 7. The highest BCUT2D eigenvalue weighted by atomic mass is 32.1. The van der Waals surface area contributed by atoms with Crippen molar-refractivity contribution in [3.05, 3.63) is 29.8 Å². The number of ether oxygens (including phenoxy) is 1. The quantitative estimate of drug-likeness (QED) is 0.692. The highest BCUT2D eigenvalue weighted by molar-refractivity contribution is 7.80. The van der Waals surface area contributed by atoms with Crippen molar-refractivity contribution >= 4 is 29.0 Å². The number of thiocarbonyl (C=S) groups is 1. The zero-order valence-electron chi connectivity index (χ0n) is 11.2. The molecule has 0 aliphatic heterocycles. The number of likely N-dealkylation sites (N-methyl/N-ethyl adjacent to an activating group) is 1. The summed E-state index contributed by atoms with van der Waals surface area (Å²) in [5.41, 5.74) is 11.3. The van der Waals surface area contributed by atoms with Gasteiger partial charge in [0.2, 0.25) is 5.91 Å². The van der Waals surface area contributed by atoms with Crippen LogP contribution in [0.4, 0.5) is 0 Å². The third kappa shape index (κ3) is 4.85. The first-order valence-electron chi connectivity index (χ1n) is 6.02. The minimum Gasteiger partial charge on any atom is -0.484 e. The second-order valence-corrected chi connectivity index (χ2v) is 4.49. The van der Waals surface area contributed by atoms with Gasteiger partial charge in [-0.3, -0.25) is 9.59 Å². The van der Waals surface area contributed by atoms with Crippen LogP contribution >= 0.6 is 12.2 Å². The van der Waals surface area contributed by atoms with Gasteiger partial charge in [0.25, 0.3) is 5.91 Å². The molecule has 0 saturated heterocycles. The molecular formula is C13H17N3O3S. The van der Waals surface area contributed by atoms with Gasteiger partial charge in [-0.2, -0.15) is 0 Å². The summed E-state index contributed by atoms with van der Waals surface area (Å²) in [5.74, 6) is -0.334. The van der Waals surface area contributed by atoms with E-state index in [0.29, 0.717) is 17.3 Å². The second kappa shape index (κ2) is 7.44. The van der Waals surface area contributed by atoms with E-state index >= 15 is 0 Å². The Morgan fingerprint density at radius 3 is 2.30 bits per heavy atom. The predicted molar refractivity (Wildman–Crippen MR) is 79.3 cm³/mol. The third-order valence-corrected chi connectivity index (χ3v) is 2.82. The van der Waals surface area contributed by atoms with Gasteiger partial charge in [0.1, 0.15) is 10.7 Å². The fraction of sp³-hybridized carbons (Fsp3) is 0.308. The van der Waals surface area contributed by atoms with Crippen LogP contribution in [-0.2, 0) is 9.59 Å². The summed E-state index contributed by atoms with van der Waals surface area (Å²) in [6.07, 6.45) is 0. The van der Waals surface area contributed by atoms with Gasteiger partial charge in [0.05, 0.1) is 6.54 Å². The average molecular weight is 295 g/mol.